The number of nitrogens with zero attached hydrogens (tertiary/aromatic N) is 4. The Bertz CT molecular complexity index is 1260. The number of carbonyl (C=O) groups excluding carboxylic acids is 3. The van der Waals surface area contributed by atoms with Gasteiger partial charge < -0.3 is 20.9 Å². The van der Waals surface area contributed by atoms with Gasteiger partial charge in [0.1, 0.15) is 5.82 Å². The first kappa shape index (κ1) is 23.6. The lowest BCUT2D eigenvalue weighted by atomic mass is 9.97. The maximum absolute atomic E-state index is 13.4. The van der Waals surface area contributed by atoms with Crippen molar-refractivity contribution in [2.75, 3.05) is 24.1 Å². The predicted octanol–water partition coefficient (Wildman–Crippen LogP) is 2.98. The quantitative estimate of drug-likeness (QED) is 0.556. The summed E-state index contributed by atoms with van der Waals surface area (Å²) in [7, 11) is 0. The first-order valence-electron chi connectivity index (χ1n) is 11.1. The molecule has 2 aromatic heterocycles. The number of aromatic nitrogens is 2. The molecule has 3 aromatic rings. The average molecular weight is 481 g/mol. The fraction of sp³-hybridized carbons (Fsp3) is 0.375. The number of nitrogens with two attached hydrogens (primary N) is 1. The Balaban J connectivity index is 1.64. The molecule has 0 spiro atoms. The lowest BCUT2D eigenvalue weighted by Crippen LogP contribution is -2.59. The molecule has 4 rings (SSSR count). The summed E-state index contributed by atoms with van der Waals surface area (Å²) in [6.07, 6.45) is 1.42. The van der Waals surface area contributed by atoms with E-state index in [0.717, 1.165) is 15.8 Å². The number of pyridine rings is 1. The van der Waals surface area contributed by atoms with Crippen molar-refractivity contribution >= 4 is 50.8 Å². The second kappa shape index (κ2) is 9.38. The van der Waals surface area contributed by atoms with Gasteiger partial charge in [0, 0.05) is 25.0 Å². The third-order valence-electron chi connectivity index (χ3n) is 6.09. The van der Waals surface area contributed by atoms with E-state index in [4.69, 9.17) is 5.73 Å². The summed E-state index contributed by atoms with van der Waals surface area (Å²) in [5, 5.41) is 2.63. The minimum absolute atomic E-state index is 0.0206. The van der Waals surface area contributed by atoms with Gasteiger partial charge in [-0.25, -0.2) is 9.97 Å². The van der Waals surface area contributed by atoms with Crippen LogP contribution in [0.15, 0.2) is 36.0 Å². The van der Waals surface area contributed by atoms with Crippen LogP contribution in [0.5, 0.6) is 0 Å². The second-order valence-corrected chi connectivity index (χ2v) is 9.81. The fourth-order valence-corrected chi connectivity index (χ4v) is 4.83. The summed E-state index contributed by atoms with van der Waals surface area (Å²) in [5.41, 5.74) is 10.3. The van der Waals surface area contributed by atoms with Crippen LogP contribution >= 0.6 is 11.3 Å². The molecule has 9 nitrogen and oxygen atoms in total. The van der Waals surface area contributed by atoms with Gasteiger partial charge in [0.15, 0.2) is 0 Å². The lowest BCUT2D eigenvalue weighted by molar-refractivity contribution is -0.152. The molecule has 0 unspecified atom stereocenters. The van der Waals surface area contributed by atoms with Crippen LogP contribution in [0, 0.1) is 12.8 Å². The van der Waals surface area contributed by atoms with E-state index in [1.165, 1.54) is 17.5 Å². The minimum atomic E-state index is -0.762. The standard InChI is InChI=1S/C24H28N6O3S/c1-13(2)23(32)29-11-19(16-5-6-20-18(8-16)27-12-34-20)30(10-15(29)4)24(33)22(31)28-17-7-14(3)21(25)26-9-17/h5-9,12-13,15,19H,10-11H2,1-4H3,(H2,25,26)(H,28,31)/t15-,19-/m0/s1. The van der Waals surface area contributed by atoms with E-state index in [2.05, 4.69) is 15.3 Å². The summed E-state index contributed by atoms with van der Waals surface area (Å²) < 4.78 is 1.03. The van der Waals surface area contributed by atoms with Crippen LogP contribution in [0.4, 0.5) is 11.5 Å². The van der Waals surface area contributed by atoms with Crippen molar-refractivity contribution in [2.24, 2.45) is 5.92 Å². The summed E-state index contributed by atoms with van der Waals surface area (Å²) in [6, 6.07) is 6.78. The molecule has 1 aliphatic heterocycles. The van der Waals surface area contributed by atoms with Crippen LogP contribution in [-0.2, 0) is 14.4 Å². The van der Waals surface area contributed by atoms with Crippen molar-refractivity contribution in [1.82, 2.24) is 19.8 Å². The van der Waals surface area contributed by atoms with Gasteiger partial charge in [0.2, 0.25) is 5.91 Å². The number of thiazole rings is 1. The molecule has 34 heavy (non-hydrogen) atoms. The van der Waals surface area contributed by atoms with Crippen molar-refractivity contribution < 1.29 is 14.4 Å². The Morgan fingerprint density at radius 2 is 1.91 bits per heavy atom. The van der Waals surface area contributed by atoms with E-state index < -0.39 is 17.9 Å². The van der Waals surface area contributed by atoms with Crippen LogP contribution in [0.3, 0.4) is 0 Å². The van der Waals surface area contributed by atoms with Gasteiger partial charge >= 0.3 is 11.8 Å². The van der Waals surface area contributed by atoms with Gasteiger partial charge in [-0.05, 0) is 43.2 Å². The van der Waals surface area contributed by atoms with Gasteiger partial charge in [0.05, 0.1) is 33.7 Å². The highest BCUT2D eigenvalue weighted by Gasteiger charge is 2.40. The summed E-state index contributed by atoms with van der Waals surface area (Å²) in [4.78, 5) is 50.9. The Labute approximate surface area is 202 Å². The first-order valence-corrected chi connectivity index (χ1v) is 12.0. The molecule has 0 aliphatic carbocycles. The number of fused-ring (bicyclic) bond motifs is 1. The molecule has 1 aliphatic rings. The smallest absolute Gasteiger partial charge is 0.313 e. The third kappa shape index (κ3) is 4.58. The van der Waals surface area contributed by atoms with Gasteiger partial charge in [-0.15, -0.1) is 11.3 Å². The maximum Gasteiger partial charge on any atom is 0.313 e. The van der Waals surface area contributed by atoms with Crippen LogP contribution in [0.1, 0.15) is 37.9 Å². The monoisotopic (exact) mass is 480 g/mol. The van der Waals surface area contributed by atoms with E-state index >= 15 is 0 Å². The molecule has 178 valence electrons. The highest BCUT2D eigenvalue weighted by molar-refractivity contribution is 7.16. The van der Waals surface area contributed by atoms with Gasteiger partial charge in [0.25, 0.3) is 0 Å². The topological polar surface area (TPSA) is 122 Å². The number of piperazine rings is 1. The normalized spacial score (nSPS) is 18.4. The molecule has 1 saturated heterocycles. The predicted molar refractivity (Wildman–Crippen MR) is 132 cm³/mol. The molecule has 3 amide bonds. The van der Waals surface area contributed by atoms with Crippen LogP contribution < -0.4 is 11.1 Å². The lowest BCUT2D eigenvalue weighted by Gasteiger charge is -2.45. The number of nitrogen functional groups attached to an aromatic ring is 1. The molecule has 0 radical (unpaired) electrons. The summed E-state index contributed by atoms with van der Waals surface area (Å²) in [5.74, 6) is -1.22. The zero-order valence-corrected chi connectivity index (χ0v) is 20.4. The number of amides is 3. The molecular weight excluding hydrogens is 452 g/mol. The number of aryl methyl sites for hydroxylation is 1. The molecule has 3 heterocycles. The first-order chi connectivity index (χ1) is 16.2. The van der Waals surface area contributed by atoms with Crippen molar-refractivity contribution in [3.8, 4) is 0 Å². The van der Waals surface area contributed by atoms with Crippen LogP contribution in [0.25, 0.3) is 10.2 Å². The fourth-order valence-electron chi connectivity index (χ4n) is 4.17. The Morgan fingerprint density at radius 3 is 2.62 bits per heavy atom. The van der Waals surface area contributed by atoms with Crippen LogP contribution in [-0.4, -0.2) is 56.6 Å². The van der Waals surface area contributed by atoms with E-state index in [0.29, 0.717) is 23.6 Å². The number of benzene rings is 1. The molecule has 0 bridgehead atoms. The highest BCUT2D eigenvalue weighted by Crippen LogP contribution is 2.32. The summed E-state index contributed by atoms with van der Waals surface area (Å²) >= 11 is 1.53. The summed E-state index contributed by atoms with van der Waals surface area (Å²) in [6.45, 7) is 7.93. The van der Waals surface area contributed by atoms with Gasteiger partial charge in [-0.2, -0.15) is 0 Å². The van der Waals surface area contributed by atoms with Crippen molar-refractivity contribution in [3.63, 3.8) is 0 Å². The zero-order valence-electron chi connectivity index (χ0n) is 19.6. The number of nitrogens with one attached hydrogen (secondary N) is 1. The molecule has 1 fully saturated rings. The Hall–Kier alpha value is -3.53. The minimum Gasteiger partial charge on any atom is -0.383 e. The molecule has 10 heteroatoms. The number of rotatable bonds is 3. The molecule has 3 N–H and O–H groups in total. The van der Waals surface area contributed by atoms with E-state index in [1.54, 1.807) is 28.3 Å². The van der Waals surface area contributed by atoms with Crippen molar-refractivity contribution in [3.05, 3.63) is 47.1 Å². The highest BCUT2D eigenvalue weighted by atomic mass is 32.1. The largest absolute Gasteiger partial charge is 0.383 e. The van der Waals surface area contributed by atoms with E-state index in [9.17, 15) is 14.4 Å². The Morgan fingerprint density at radius 1 is 1.15 bits per heavy atom. The number of carbonyl (C=O) groups is 3. The number of hydrogen-bond acceptors (Lipinski definition) is 7. The SMILES string of the molecule is Cc1cc(NC(=O)C(=O)N2C[C@H](C)N(C(=O)C(C)C)C[C@H]2c2ccc3scnc3c2)cnc1N. The second-order valence-electron chi connectivity index (χ2n) is 8.93. The molecule has 2 atom stereocenters. The average Bonchev–Trinajstić information content (AvgIpc) is 3.28. The molecule has 1 aromatic carbocycles. The molecule has 0 saturated carbocycles. The van der Waals surface area contributed by atoms with Gasteiger partial charge in [-0.1, -0.05) is 19.9 Å². The van der Waals surface area contributed by atoms with Crippen LogP contribution in [0.2, 0.25) is 0 Å². The van der Waals surface area contributed by atoms with E-state index in [-0.39, 0.29) is 24.4 Å². The molecular formula is C24H28N6O3S. The maximum atomic E-state index is 13.4. The Kier molecular flexibility index (Phi) is 6.52. The van der Waals surface area contributed by atoms with Crippen molar-refractivity contribution in [1.29, 1.82) is 0 Å². The van der Waals surface area contributed by atoms with E-state index in [1.807, 2.05) is 39.0 Å². The van der Waals surface area contributed by atoms with Gasteiger partial charge in [-0.3, -0.25) is 14.4 Å². The van der Waals surface area contributed by atoms with Crippen molar-refractivity contribution in [2.45, 2.75) is 39.8 Å². The zero-order chi connectivity index (χ0) is 24.6. The number of hydrogen-bond donors (Lipinski definition) is 2. The number of anilines is 2. The third-order valence-corrected chi connectivity index (χ3v) is 6.90.